The lowest BCUT2D eigenvalue weighted by Gasteiger charge is -2.15. The molecule has 0 aliphatic rings. The van der Waals surface area contributed by atoms with Gasteiger partial charge in [0.25, 0.3) is 0 Å². The van der Waals surface area contributed by atoms with E-state index in [1.54, 1.807) is 19.1 Å². The van der Waals surface area contributed by atoms with E-state index >= 15 is 0 Å². The number of hydrogen-bond donors (Lipinski definition) is 3. The number of aryl methyl sites for hydroxylation is 1. The lowest BCUT2D eigenvalue weighted by Crippen LogP contribution is -2.21. The highest BCUT2D eigenvalue weighted by Gasteiger charge is 2.16. The van der Waals surface area contributed by atoms with Gasteiger partial charge in [-0.2, -0.15) is 5.26 Å². The van der Waals surface area contributed by atoms with Crippen molar-refractivity contribution in [3.63, 3.8) is 0 Å². The van der Waals surface area contributed by atoms with E-state index in [2.05, 4.69) is 5.32 Å². The van der Waals surface area contributed by atoms with Crippen LogP contribution in [0.2, 0.25) is 0 Å². The van der Waals surface area contributed by atoms with Gasteiger partial charge in [-0.15, -0.1) is 0 Å². The Kier molecular flexibility index (Phi) is 5.48. The van der Waals surface area contributed by atoms with Gasteiger partial charge >= 0.3 is 11.9 Å². The first-order valence-corrected chi connectivity index (χ1v) is 7.82. The zero-order chi connectivity index (χ0) is 19.4. The van der Waals surface area contributed by atoms with Crippen LogP contribution in [0, 0.1) is 18.3 Å². The topological polar surface area (TPSA) is 120 Å². The molecule has 7 nitrogen and oxygen atoms in total. The quantitative estimate of drug-likeness (QED) is 0.723. The minimum absolute atomic E-state index is 0.0868. The Morgan fingerprint density at radius 3 is 2.50 bits per heavy atom. The highest BCUT2D eigenvalue weighted by molar-refractivity contribution is 6.36. The fraction of sp³-hybridized carbons (Fsp3) is 0.211. The van der Waals surface area contributed by atoms with Crippen molar-refractivity contribution in [1.82, 2.24) is 0 Å². The number of amides is 1. The fourth-order valence-corrected chi connectivity index (χ4v) is 2.43. The molecule has 134 valence electrons. The van der Waals surface area contributed by atoms with Crippen LogP contribution in [0.1, 0.15) is 36.5 Å². The number of rotatable bonds is 4. The maximum Gasteiger partial charge on any atom is 0.394 e. The van der Waals surface area contributed by atoms with Crippen LogP contribution in [0.3, 0.4) is 0 Å². The molecule has 0 aromatic heterocycles. The largest absolute Gasteiger partial charge is 0.508 e. The van der Waals surface area contributed by atoms with Crippen LogP contribution in [-0.4, -0.2) is 22.1 Å². The number of carboxylic acids is 1. The molecular formula is C19H18N2O5. The van der Waals surface area contributed by atoms with Gasteiger partial charge in [0.05, 0.1) is 5.56 Å². The third-order valence-corrected chi connectivity index (χ3v) is 3.69. The van der Waals surface area contributed by atoms with E-state index in [-0.39, 0.29) is 22.9 Å². The number of phenolic OH excluding ortho intramolecular Hbond substituents is 1. The second kappa shape index (κ2) is 7.57. The molecule has 0 saturated heterocycles. The first-order valence-electron chi connectivity index (χ1n) is 7.82. The van der Waals surface area contributed by atoms with Crippen LogP contribution in [0.4, 0.5) is 5.69 Å². The number of nitriles is 1. The molecule has 0 spiro atoms. The number of phenols is 1. The number of nitrogens with one attached hydrogen (secondary N) is 1. The predicted octanol–water partition coefficient (Wildman–Crippen LogP) is 3.51. The maximum atomic E-state index is 11.3. The van der Waals surface area contributed by atoms with E-state index in [9.17, 15) is 20.0 Å². The molecule has 0 saturated carbocycles. The number of anilines is 1. The maximum absolute atomic E-state index is 11.3. The normalized spacial score (nSPS) is 10.3. The number of carbonyl (C=O) groups is 2. The third-order valence-electron chi connectivity index (χ3n) is 3.69. The zero-order valence-electron chi connectivity index (χ0n) is 14.5. The summed E-state index contributed by atoms with van der Waals surface area (Å²) in [6.07, 6.45) is 0. The van der Waals surface area contributed by atoms with Crippen LogP contribution in [0.25, 0.3) is 0 Å². The Labute approximate surface area is 150 Å². The van der Waals surface area contributed by atoms with E-state index in [4.69, 9.17) is 9.84 Å². The highest BCUT2D eigenvalue weighted by Crippen LogP contribution is 2.35. The Hall–Kier alpha value is -3.53. The van der Waals surface area contributed by atoms with Gasteiger partial charge in [-0.05, 0) is 48.7 Å². The van der Waals surface area contributed by atoms with Crippen LogP contribution in [0.15, 0.2) is 30.3 Å². The van der Waals surface area contributed by atoms with Gasteiger partial charge in [-0.3, -0.25) is 4.79 Å². The molecule has 0 fully saturated rings. The van der Waals surface area contributed by atoms with E-state index in [0.717, 1.165) is 0 Å². The first kappa shape index (κ1) is 18.8. The second-order valence-corrected chi connectivity index (χ2v) is 6.02. The van der Waals surface area contributed by atoms with E-state index in [0.29, 0.717) is 22.6 Å². The Bertz CT molecular complexity index is 913. The number of aromatic hydroxyl groups is 1. The summed E-state index contributed by atoms with van der Waals surface area (Å²) in [5, 5.41) is 30.1. The number of benzene rings is 2. The molecule has 0 aliphatic carbocycles. The molecule has 1 amide bonds. The average Bonchev–Trinajstić information content (AvgIpc) is 2.57. The van der Waals surface area contributed by atoms with E-state index in [1.807, 2.05) is 19.9 Å². The molecule has 7 heteroatoms. The molecule has 0 unspecified atom stereocenters. The molecule has 2 aromatic rings. The van der Waals surface area contributed by atoms with Crippen LogP contribution < -0.4 is 10.1 Å². The van der Waals surface area contributed by atoms with Crippen LogP contribution in [-0.2, 0) is 9.59 Å². The van der Waals surface area contributed by atoms with Crippen LogP contribution in [0.5, 0.6) is 17.2 Å². The summed E-state index contributed by atoms with van der Waals surface area (Å²) in [4.78, 5) is 21.9. The summed E-state index contributed by atoms with van der Waals surface area (Å²) in [5.41, 5.74) is 1.59. The summed E-state index contributed by atoms with van der Waals surface area (Å²) < 4.78 is 5.82. The Balaban J connectivity index is 2.39. The Morgan fingerprint density at radius 2 is 1.92 bits per heavy atom. The standard InChI is InChI=1S/C19H18N2O5/c1-10(2)15-8-14(4-5-16(15)22)26-17-11(3)6-13(7-12(17)9-20)21-18(23)19(24)25/h4-8,10,22H,1-3H3,(H,21,23)(H,24,25). The molecule has 2 rings (SSSR count). The number of carbonyl (C=O) groups excluding carboxylic acids is 1. The number of carboxylic acid groups (broad SMARTS) is 1. The molecule has 0 aliphatic heterocycles. The van der Waals surface area contributed by atoms with Gasteiger partial charge in [-0.1, -0.05) is 13.8 Å². The smallest absolute Gasteiger partial charge is 0.394 e. The third kappa shape index (κ3) is 4.11. The number of nitrogens with zero attached hydrogens (tertiary/aromatic N) is 1. The van der Waals surface area contributed by atoms with Gasteiger partial charge in [0, 0.05) is 11.3 Å². The average molecular weight is 354 g/mol. The van der Waals surface area contributed by atoms with Gasteiger partial charge < -0.3 is 20.3 Å². The van der Waals surface area contributed by atoms with Crippen molar-refractivity contribution in [3.8, 4) is 23.3 Å². The summed E-state index contributed by atoms with van der Waals surface area (Å²) in [6, 6.07) is 9.63. The highest BCUT2D eigenvalue weighted by atomic mass is 16.5. The van der Waals surface area contributed by atoms with E-state index < -0.39 is 11.9 Å². The molecule has 0 heterocycles. The van der Waals surface area contributed by atoms with Crippen molar-refractivity contribution in [2.75, 3.05) is 5.32 Å². The Morgan fingerprint density at radius 1 is 1.23 bits per heavy atom. The van der Waals surface area contributed by atoms with Gasteiger partial charge in [0.15, 0.2) is 0 Å². The van der Waals surface area contributed by atoms with Gasteiger partial charge in [0.1, 0.15) is 23.3 Å². The van der Waals surface area contributed by atoms with E-state index in [1.165, 1.54) is 18.2 Å². The molecular weight excluding hydrogens is 336 g/mol. The minimum atomic E-state index is -1.62. The second-order valence-electron chi connectivity index (χ2n) is 6.02. The number of hydrogen-bond acceptors (Lipinski definition) is 5. The van der Waals surface area contributed by atoms with Crippen molar-refractivity contribution in [1.29, 1.82) is 5.26 Å². The van der Waals surface area contributed by atoms with Crippen LogP contribution >= 0.6 is 0 Å². The molecule has 0 radical (unpaired) electrons. The monoisotopic (exact) mass is 354 g/mol. The molecule has 3 N–H and O–H groups in total. The first-order chi connectivity index (χ1) is 12.2. The zero-order valence-corrected chi connectivity index (χ0v) is 14.5. The van der Waals surface area contributed by atoms with Crippen molar-refractivity contribution in [3.05, 3.63) is 47.0 Å². The number of aliphatic carboxylic acids is 1. The lowest BCUT2D eigenvalue weighted by atomic mass is 10.0. The lowest BCUT2D eigenvalue weighted by molar-refractivity contribution is -0.147. The minimum Gasteiger partial charge on any atom is -0.508 e. The number of ether oxygens (including phenoxy) is 1. The van der Waals surface area contributed by atoms with Crippen molar-refractivity contribution in [2.45, 2.75) is 26.7 Å². The SMILES string of the molecule is Cc1cc(NC(=O)C(=O)O)cc(C#N)c1Oc1ccc(O)c(C(C)C)c1. The predicted molar refractivity (Wildman–Crippen MR) is 94.4 cm³/mol. The molecule has 0 atom stereocenters. The summed E-state index contributed by atoms with van der Waals surface area (Å²) >= 11 is 0. The molecule has 26 heavy (non-hydrogen) atoms. The van der Waals surface area contributed by atoms with Crippen molar-refractivity contribution < 1.29 is 24.5 Å². The van der Waals surface area contributed by atoms with Gasteiger partial charge in [0.2, 0.25) is 0 Å². The van der Waals surface area contributed by atoms with Crippen molar-refractivity contribution >= 4 is 17.6 Å². The fourth-order valence-electron chi connectivity index (χ4n) is 2.43. The van der Waals surface area contributed by atoms with Crippen molar-refractivity contribution in [2.24, 2.45) is 0 Å². The summed E-state index contributed by atoms with van der Waals surface area (Å²) in [5.74, 6) is -1.82. The summed E-state index contributed by atoms with van der Waals surface area (Å²) in [7, 11) is 0. The molecule has 2 aromatic carbocycles. The summed E-state index contributed by atoms with van der Waals surface area (Å²) in [6.45, 7) is 5.55. The molecule has 0 bridgehead atoms. The van der Waals surface area contributed by atoms with Gasteiger partial charge in [-0.25, -0.2) is 4.79 Å².